The van der Waals surface area contributed by atoms with E-state index in [9.17, 15) is 9.59 Å². The van der Waals surface area contributed by atoms with Crippen molar-refractivity contribution in [3.8, 4) is 34.5 Å². The molecule has 1 aliphatic rings. The van der Waals surface area contributed by atoms with Crippen molar-refractivity contribution >= 4 is 17.9 Å². The molecule has 0 aliphatic carbocycles. The van der Waals surface area contributed by atoms with E-state index in [0.717, 1.165) is 11.1 Å². The monoisotopic (exact) mass is 543 g/mol. The number of hydrogen-bond acceptors (Lipinski definition) is 9. The van der Waals surface area contributed by atoms with Gasteiger partial charge in [-0.1, -0.05) is 0 Å². The van der Waals surface area contributed by atoms with Crippen molar-refractivity contribution in [1.82, 2.24) is 15.1 Å². The maximum absolute atomic E-state index is 12.8. The van der Waals surface area contributed by atoms with Crippen LogP contribution >= 0.6 is 0 Å². The number of nitrogens with one attached hydrogen (secondary N) is 1. The van der Waals surface area contributed by atoms with Gasteiger partial charge >= 0.3 is 0 Å². The van der Waals surface area contributed by atoms with Gasteiger partial charge in [-0.25, -0.2) is 0 Å². The summed E-state index contributed by atoms with van der Waals surface area (Å²) in [5.74, 6) is 2.87. The summed E-state index contributed by atoms with van der Waals surface area (Å²) in [5, 5.41) is 2.93. The summed E-state index contributed by atoms with van der Waals surface area (Å²) in [6, 6.07) is 7.16. The number of rotatable bonds is 12. The minimum atomic E-state index is -0.106. The zero-order valence-electron chi connectivity index (χ0n) is 23.4. The van der Waals surface area contributed by atoms with Gasteiger partial charge in [0.2, 0.25) is 23.3 Å². The van der Waals surface area contributed by atoms with Gasteiger partial charge < -0.3 is 38.6 Å². The lowest BCUT2D eigenvalue weighted by molar-refractivity contribution is -0.128. The van der Waals surface area contributed by atoms with E-state index >= 15 is 0 Å². The van der Waals surface area contributed by atoms with Crippen LogP contribution in [0.4, 0.5) is 0 Å². The molecular formula is C28H37N3O8. The molecule has 11 nitrogen and oxygen atoms in total. The summed E-state index contributed by atoms with van der Waals surface area (Å²) in [5.41, 5.74) is 1.58. The Morgan fingerprint density at radius 2 is 1.23 bits per heavy atom. The molecule has 0 atom stereocenters. The smallest absolute Gasteiger partial charge is 0.246 e. The highest BCUT2D eigenvalue weighted by Gasteiger charge is 2.22. The number of ether oxygens (including phenoxy) is 6. The first-order valence-corrected chi connectivity index (χ1v) is 12.4. The predicted molar refractivity (Wildman–Crippen MR) is 146 cm³/mol. The third kappa shape index (κ3) is 7.47. The Labute approximate surface area is 229 Å². The number of nitrogens with zero attached hydrogens (tertiary/aromatic N) is 2. The molecule has 2 aromatic rings. The molecule has 1 N–H and O–H groups in total. The van der Waals surface area contributed by atoms with Crippen LogP contribution in [-0.4, -0.2) is 97.0 Å². The molecule has 11 heteroatoms. The van der Waals surface area contributed by atoms with Gasteiger partial charge in [0.15, 0.2) is 23.0 Å². The SMILES string of the molecule is COc1cc(/C=C/C(=O)N2CCN(CC(=O)NCc3cc(OC)c(OC)c(OC)c3)CC2)cc(OC)c1OC. The Hall–Kier alpha value is -4.12. The van der Waals surface area contributed by atoms with Gasteiger partial charge in [-0.2, -0.15) is 0 Å². The molecule has 39 heavy (non-hydrogen) atoms. The molecular weight excluding hydrogens is 506 g/mol. The highest BCUT2D eigenvalue weighted by molar-refractivity contribution is 5.92. The molecule has 0 saturated carbocycles. The largest absolute Gasteiger partial charge is 0.493 e. The summed E-state index contributed by atoms with van der Waals surface area (Å²) in [6.07, 6.45) is 3.25. The number of hydrogen-bond donors (Lipinski definition) is 1. The van der Waals surface area contributed by atoms with Crippen LogP contribution in [0.1, 0.15) is 11.1 Å². The van der Waals surface area contributed by atoms with Crippen LogP contribution in [0.3, 0.4) is 0 Å². The van der Waals surface area contributed by atoms with E-state index in [4.69, 9.17) is 28.4 Å². The third-order valence-electron chi connectivity index (χ3n) is 6.37. The summed E-state index contributed by atoms with van der Waals surface area (Å²) < 4.78 is 32.2. The average Bonchev–Trinajstić information content (AvgIpc) is 2.97. The minimum absolute atomic E-state index is 0.102. The van der Waals surface area contributed by atoms with E-state index in [2.05, 4.69) is 5.32 Å². The van der Waals surface area contributed by atoms with Crippen LogP contribution in [0.25, 0.3) is 6.08 Å². The molecule has 212 valence electrons. The first-order valence-electron chi connectivity index (χ1n) is 12.4. The lowest BCUT2D eigenvalue weighted by atomic mass is 10.1. The number of piperazine rings is 1. The van der Waals surface area contributed by atoms with Crippen LogP contribution < -0.4 is 33.7 Å². The Balaban J connectivity index is 1.50. The van der Waals surface area contributed by atoms with Crippen molar-refractivity contribution in [1.29, 1.82) is 0 Å². The second kappa shape index (κ2) is 14.1. The van der Waals surface area contributed by atoms with E-state index in [1.54, 1.807) is 77.9 Å². The quantitative estimate of drug-likeness (QED) is 0.403. The molecule has 1 heterocycles. The fourth-order valence-corrected chi connectivity index (χ4v) is 4.29. The zero-order chi connectivity index (χ0) is 28.4. The first kappa shape index (κ1) is 29.4. The van der Waals surface area contributed by atoms with E-state index in [0.29, 0.717) is 67.2 Å². The number of benzene rings is 2. The highest BCUT2D eigenvalue weighted by Crippen LogP contribution is 2.39. The van der Waals surface area contributed by atoms with Crippen molar-refractivity contribution in [2.24, 2.45) is 0 Å². The molecule has 2 aromatic carbocycles. The first-order chi connectivity index (χ1) is 18.9. The molecule has 0 spiro atoms. The Morgan fingerprint density at radius 3 is 1.69 bits per heavy atom. The molecule has 2 amide bonds. The minimum Gasteiger partial charge on any atom is -0.493 e. The molecule has 0 unspecified atom stereocenters. The molecule has 3 rings (SSSR count). The molecule has 1 aliphatic heterocycles. The zero-order valence-corrected chi connectivity index (χ0v) is 23.4. The maximum Gasteiger partial charge on any atom is 0.246 e. The maximum atomic E-state index is 12.8. The fourth-order valence-electron chi connectivity index (χ4n) is 4.29. The second-order valence-electron chi connectivity index (χ2n) is 8.70. The van der Waals surface area contributed by atoms with Crippen molar-refractivity contribution in [3.63, 3.8) is 0 Å². The topological polar surface area (TPSA) is 108 Å². The third-order valence-corrected chi connectivity index (χ3v) is 6.37. The summed E-state index contributed by atoms with van der Waals surface area (Å²) in [4.78, 5) is 29.1. The lowest BCUT2D eigenvalue weighted by Gasteiger charge is -2.33. The van der Waals surface area contributed by atoms with Gasteiger partial charge in [0.1, 0.15) is 0 Å². The highest BCUT2D eigenvalue weighted by atomic mass is 16.5. The van der Waals surface area contributed by atoms with Gasteiger partial charge in [0.25, 0.3) is 0 Å². The van der Waals surface area contributed by atoms with E-state index in [1.807, 2.05) is 4.90 Å². The van der Waals surface area contributed by atoms with Crippen LogP contribution in [-0.2, 0) is 16.1 Å². The van der Waals surface area contributed by atoms with Gasteiger partial charge in [-0.05, 0) is 41.5 Å². The van der Waals surface area contributed by atoms with Crippen LogP contribution in [0, 0.1) is 0 Å². The Morgan fingerprint density at radius 1 is 0.744 bits per heavy atom. The summed E-state index contributed by atoms with van der Waals surface area (Å²) >= 11 is 0. The van der Waals surface area contributed by atoms with E-state index < -0.39 is 0 Å². The molecule has 0 bridgehead atoms. The van der Waals surface area contributed by atoms with Crippen LogP contribution in [0.5, 0.6) is 34.5 Å². The van der Waals surface area contributed by atoms with Crippen molar-refractivity contribution in [2.45, 2.75) is 6.54 Å². The normalized spacial score (nSPS) is 13.6. The predicted octanol–water partition coefficient (Wildman–Crippen LogP) is 2.21. The Kier molecular flexibility index (Phi) is 10.7. The Bertz CT molecular complexity index is 1130. The average molecular weight is 544 g/mol. The molecule has 0 aromatic heterocycles. The van der Waals surface area contributed by atoms with Crippen molar-refractivity contribution in [2.75, 3.05) is 75.4 Å². The number of carbonyl (C=O) groups excluding carboxylic acids is 2. The number of methoxy groups -OCH3 is 6. The van der Waals surface area contributed by atoms with Gasteiger partial charge in [0, 0.05) is 38.8 Å². The number of carbonyl (C=O) groups is 2. The molecule has 0 radical (unpaired) electrons. The van der Waals surface area contributed by atoms with Gasteiger partial charge in [0.05, 0.1) is 49.2 Å². The standard InChI is InChI=1S/C28H37N3O8/c1-34-21-13-19(14-22(35-2)27(21)38-5)7-8-26(33)31-11-9-30(10-12-31)18-25(32)29-17-20-15-23(36-3)28(39-6)24(16-20)37-4/h7-8,13-16H,9-12,17-18H2,1-6H3,(H,29,32)/b8-7+. The lowest BCUT2D eigenvalue weighted by Crippen LogP contribution is -2.50. The molecule has 1 fully saturated rings. The van der Waals surface area contributed by atoms with E-state index in [1.165, 1.54) is 6.08 Å². The summed E-state index contributed by atoms with van der Waals surface area (Å²) in [7, 11) is 9.27. The van der Waals surface area contributed by atoms with Crippen molar-refractivity contribution in [3.05, 3.63) is 41.5 Å². The van der Waals surface area contributed by atoms with E-state index in [-0.39, 0.29) is 18.4 Å². The summed E-state index contributed by atoms with van der Waals surface area (Å²) in [6.45, 7) is 2.81. The van der Waals surface area contributed by atoms with Crippen LogP contribution in [0.15, 0.2) is 30.3 Å². The number of amides is 2. The van der Waals surface area contributed by atoms with Gasteiger partial charge in [-0.3, -0.25) is 14.5 Å². The second-order valence-corrected chi connectivity index (χ2v) is 8.70. The van der Waals surface area contributed by atoms with Gasteiger partial charge in [-0.15, -0.1) is 0 Å². The van der Waals surface area contributed by atoms with Crippen molar-refractivity contribution < 1.29 is 38.0 Å². The fraction of sp³-hybridized carbons (Fsp3) is 0.429. The molecule has 1 saturated heterocycles. The van der Waals surface area contributed by atoms with Crippen LogP contribution in [0.2, 0.25) is 0 Å².